The van der Waals surface area contributed by atoms with Gasteiger partial charge in [0.2, 0.25) is 0 Å². The van der Waals surface area contributed by atoms with E-state index in [9.17, 15) is 4.21 Å². The summed E-state index contributed by atoms with van der Waals surface area (Å²) in [5, 5.41) is 1.05. The SMILES string of the molecule is CC[S@](C)(=O)=Nc1cc(C)c2c(C)ncnc2c1. The summed E-state index contributed by atoms with van der Waals surface area (Å²) in [7, 11) is -2.14. The highest BCUT2D eigenvalue weighted by atomic mass is 32.2. The summed E-state index contributed by atoms with van der Waals surface area (Å²) in [6.07, 6.45) is 3.22. The van der Waals surface area contributed by atoms with Crippen LogP contribution in [-0.4, -0.2) is 26.2 Å². The highest BCUT2D eigenvalue weighted by Gasteiger charge is 2.06. The van der Waals surface area contributed by atoms with Crippen molar-refractivity contribution in [3.8, 4) is 0 Å². The van der Waals surface area contributed by atoms with Crippen molar-refractivity contribution >= 4 is 26.3 Å². The van der Waals surface area contributed by atoms with Crippen LogP contribution in [0.3, 0.4) is 0 Å². The molecule has 96 valence electrons. The quantitative estimate of drug-likeness (QED) is 0.837. The molecule has 0 aliphatic carbocycles. The van der Waals surface area contributed by atoms with Crippen LogP contribution in [0.5, 0.6) is 0 Å². The monoisotopic (exact) mass is 263 g/mol. The molecule has 4 nitrogen and oxygen atoms in total. The fraction of sp³-hybridized carbons (Fsp3) is 0.385. The second kappa shape index (κ2) is 4.65. The fourth-order valence-corrected chi connectivity index (χ4v) is 2.59. The molecule has 18 heavy (non-hydrogen) atoms. The Morgan fingerprint density at radius 3 is 2.67 bits per heavy atom. The molecule has 1 atom stereocenters. The van der Waals surface area contributed by atoms with Crippen LogP contribution in [0.1, 0.15) is 18.2 Å². The molecule has 0 aliphatic heterocycles. The molecular formula is C13H17N3OS. The van der Waals surface area contributed by atoms with Gasteiger partial charge in [-0.05, 0) is 31.5 Å². The van der Waals surface area contributed by atoms with E-state index in [4.69, 9.17) is 0 Å². The maximum Gasteiger partial charge on any atom is 0.116 e. The summed E-state index contributed by atoms with van der Waals surface area (Å²) in [6, 6.07) is 3.81. The topological polar surface area (TPSA) is 55.2 Å². The molecule has 2 aromatic rings. The van der Waals surface area contributed by atoms with Gasteiger partial charge in [0, 0.05) is 32.8 Å². The van der Waals surface area contributed by atoms with Crippen LogP contribution < -0.4 is 0 Å². The third-order valence-corrected chi connectivity index (χ3v) is 4.61. The van der Waals surface area contributed by atoms with E-state index >= 15 is 0 Å². The highest BCUT2D eigenvalue weighted by molar-refractivity contribution is 7.93. The van der Waals surface area contributed by atoms with E-state index < -0.39 is 9.73 Å². The average molecular weight is 263 g/mol. The Morgan fingerprint density at radius 2 is 2.00 bits per heavy atom. The first kappa shape index (κ1) is 13.0. The van der Waals surface area contributed by atoms with E-state index in [-0.39, 0.29) is 0 Å². The summed E-state index contributed by atoms with van der Waals surface area (Å²) in [5.74, 6) is 0.548. The third kappa shape index (κ3) is 2.51. The predicted molar refractivity (Wildman–Crippen MR) is 75.7 cm³/mol. The van der Waals surface area contributed by atoms with Gasteiger partial charge in [-0.15, -0.1) is 0 Å². The van der Waals surface area contributed by atoms with E-state index in [1.807, 2.05) is 32.9 Å². The van der Waals surface area contributed by atoms with Crippen LogP contribution >= 0.6 is 0 Å². The zero-order chi connectivity index (χ0) is 13.3. The van der Waals surface area contributed by atoms with Gasteiger partial charge in [0.05, 0.1) is 11.2 Å². The van der Waals surface area contributed by atoms with Crippen molar-refractivity contribution < 1.29 is 4.21 Å². The van der Waals surface area contributed by atoms with E-state index in [2.05, 4.69) is 14.3 Å². The number of benzene rings is 1. The summed E-state index contributed by atoms with van der Waals surface area (Å²) in [5.41, 5.74) is 3.60. The van der Waals surface area contributed by atoms with Crippen molar-refractivity contribution in [2.24, 2.45) is 4.36 Å². The van der Waals surface area contributed by atoms with Crippen LogP contribution in [0.25, 0.3) is 10.9 Å². The summed E-state index contributed by atoms with van der Waals surface area (Å²) in [4.78, 5) is 8.45. The molecule has 1 aromatic carbocycles. The number of hydrogen-bond acceptors (Lipinski definition) is 4. The van der Waals surface area contributed by atoms with Crippen molar-refractivity contribution in [3.05, 3.63) is 29.7 Å². The van der Waals surface area contributed by atoms with Crippen LogP contribution in [0.4, 0.5) is 5.69 Å². The standard InChI is InChI=1S/C13H17N3OS/c1-5-18(4,17)16-11-6-9(2)13-10(3)14-8-15-12(13)7-11/h6-8H,5H2,1-4H3/t18-/m0/s1. The molecule has 0 radical (unpaired) electrons. The molecule has 0 fully saturated rings. The van der Waals surface area contributed by atoms with Gasteiger partial charge in [0.15, 0.2) is 0 Å². The molecule has 0 N–H and O–H groups in total. The lowest BCUT2D eigenvalue weighted by Crippen LogP contribution is -1.98. The Labute approximate surface area is 108 Å². The maximum atomic E-state index is 12.0. The first-order chi connectivity index (χ1) is 8.43. The minimum Gasteiger partial charge on any atom is -0.250 e. The average Bonchev–Trinajstić information content (AvgIpc) is 2.28. The lowest BCUT2D eigenvalue weighted by atomic mass is 10.1. The number of nitrogens with zero attached hydrogens (tertiary/aromatic N) is 3. The minimum atomic E-state index is -2.14. The van der Waals surface area contributed by atoms with Gasteiger partial charge in [-0.25, -0.2) is 14.2 Å². The molecule has 1 aromatic heterocycles. The zero-order valence-corrected chi connectivity index (χ0v) is 11.9. The molecule has 0 spiro atoms. The Hall–Kier alpha value is -1.49. The van der Waals surface area contributed by atoms with E-state index in [1.165, 1.54) is 0 Å². The van der Waals surface area contributed by atoms with Gasteiger partial charge in [-0.3, -0.25) is 0 Å². The van der Waals surface area contributed by atoms with Crippen molar-refractivity contribution in [1.29, 1.82) is 0 Å². The summed E-state index contributed by atoms with van der Waals surface area (Å²) < 4.78 is 16.4. The molecule has 5 heteroatoms. The number of hydrogen-bond donors (Lipinski definition) is 0. The largest absolute Gasteiger partial charge is 0.250 e. The fourth-order valence-electron chi connectivity index (χ4n) is 1.90. The lowest BCUT2D eigenvalue weighted by Gasteiger charge is -2.06. The third-order valence-electron chi connectivity index (χ3n) is 2.94. The van der Waals surface area contributed by atoms with Crippen molar-refractivity contribution in [1.82, 2.24) is 9.97 Å². The smallest absolute Gasteiger partial charge is 0.116 e. The molecular weight excluding hydrogens is 246 g/mol. The number of aromatic nitrogens is 2. The zero-order valence-electron chi connectivity index (χ0n) is 11.1. The van der Waals surface area contributed by atoms with Crippen molar-refractivity contribution in [2.45, 2.75) is 20.8 Å². The van der Waals surface area contributed by atoms with Gasteiger partial charge in [-0.1, -0.05) is 6.92 Å². The van der Waals surface area contributed by atoms with Gasteiger partial charge in [0.25, 0.3) is 0 Å². The highest BCUT2D eigenvalue weighted by Crippen LogP contribution is 2.26. The number of rotatable bonds is 2. The van der Waals surface area contributed by atoms with Crippen LogP contribution in [-0.2, 0) is 9.73 Å². The first-order valence-electron chi connectivity index (χ1n) is 5.85. The van der Waals surface area contributed by atoms with Crippen LogP contribution in [0, 0.1) is 13.8 Å². The molecule has 2 rings (SSSR count). The van der Waals surface area contributed by atoms with Crippen molar-refractivity contribution in [2.75, 3.05) is 12.0 Å². The van der Waals surface area contributed by atoms with Gasteiger partial charge in [-0.2, -0.15) is 4.36 Å². The lowest BCUT2D eigenvalue weighted by molar-refractivity contribution is 0.681. The van der Waals surface area contributed by atoms with Crippen LogP contribution in [0.15, 0.2) is 22.8 Å². The predicted octanol–water partition coefficient (Wildman–Crippen LogP) is 3.00. The molecule has 0 aliphatic rings. The van der Waals surface area contributed by atoms with Gasteiger partial charge < -0.3 is 0 Å². The first-order valence-corrected chi connectivity index (χ1v) is 7.94. The molecule has 0 bridgehead atoms. The molecule has 0 unspecified atom stereocenters. The second-order valence-electron chi connectivity index (χ2n) is 4.46. The van der Waals surface area contributed by atoms with Gasteiger partial charge >= 0.3 is 0 Å². The minimum absolute atomic E-state index is 0.548. The Bertz CT molecular complexity index is 715. The van der Waals surface area contributed by atoms with Crippen molar-refractivity contribution in [3.63, 3.8) is 0 Å². The van der Waals surface area contributed by atoms with E-state index in [0.29, 0.717) is 5.75 Å². The Kier molecular flexibility index (Phi) is 3.34. The molecule has 0 saturated carbocycles. The van der Waals surface area contributed by atoms with Gasteiger partial charge in [0.1, 0.15) is 6.33 Å². The van der Waals surface area contributed by atoms with Crippen LogP contribution in [0.2, 0.25) is 0 Å². The number of aryl methyl sites for hydroxylation is 2. The molecule has 0 saturated heterocycles. The number of fused-ring (bicyclic) bond motifs is 1. The normalized spacial score (nSPS) is 14.4. The second-order valence-corrected chi connectivity index (χ2v) is 7.13. The maximum absolute atomic E-state index is 12.0. The molecule has 0 amide bonds. The summed E-state index contributed by atoms with van der Waals surface area (Å²) in [6.45, 7) is 5.84. The van der Waals surface area contributed by atoms with E-state index in [1.54, 1.807) is 12.6 Å². The van der Waals surface area contributed by atoms with E-state index in [0.717, 1.165) is 27.8 Å². The summed E-state index contributed by atoms with van der Waals surface area (Å²) >= 11 is 0. The molecule has 1 heterocycles. The Balaban J connectivity index is 2.72. The Morgan fingerprint density at radius 1 is 1.28 bits per heavy atom.